The maximum Gasteiger partial charge on any atom is 0.224 e. The number of amides is 1. The summed E-state index contributed by atoms with van der Waals surface area (Å²) in [7, 11) is 0. The van der Waals surface area contributed by atoms with Crippen LogP contribution in [0.1, 0.15) is 25.7 Å². The van der Waals surface area contributed by atoms with Crippen molar-refractivity contribution in [3.8, 4) is 6.07 Å². The van der Waals surface area contributed by atoms with Crippen molar-refractivity contribution in [2.24, 2.45) is 15.9 Å². The molecule has 0 radical (unpaired) electrons. The number of nitrogens with zero attached hydrogens (tertiary/aromatic N) is 4. The number of likely N-dealkylation sites (tertiary alicyclic amines) is 1. The molecule has 0 aromatic carbocycles. The SMILES string of the molecule is N#C[C@@H]1CCCN1C(=O)CCC(=O)C1=CC=NC2=NC=CC12. The number of ketones is 1. The summed E-state index contributed by atoms with van der Waals surface area (Å²) in [5, 5.41) is 9.01. The first kappa shape index (κ1) is 14.4. The van der Waals surface area contributed by atoms with E-state index < -0.39 is 0 Å². The molecule has 6 heteroatoms. The van der Waals surface area contributed by atoms with Gasteiger partial charge in [-0.15, -0.1) is 0 Å². The summed E-state index contributed by atoms with van der Waals surface area (Å²) in [6, 6.07) is 1.81. The molecule has 3 rings (SSSR count). The summed E-state index contributed by atoms with van der Waals surface area (Å²) in [5.41, 5.74) is 0.633. The van der Waals surface area contributed by atoms with Gasteiger partial charge >= 0.3 is 0 Å². The minimum Gasteiger partial charge on any atom is -0.327 e. The van der Waals surface area contributed by atoms with Crippen molar-refractivity contribution >= 4 is 23.7 Å². The van der Waals surface area contributed by atoms with Gasteiger partial charge in [0, 0.05) is 37.4 Å². The van der Waals surface area contributed by atoms with Crippen LogP contribution in [-0.4, -0.2) is 41.2 Å². The Kier molecular flexibility index (Phi) is 3.96. The lowest BCUT2D eigenvalue weighted by Crippen LogP contribution is -2.35. The summed E-state index contributed by atoms with van der Waals surface area (Å²) in [5.74, 6) is 0.280. The lowest BCUT2D eigenvalue weighted by molar-refractivity contribution is -0.132. The van der Waals surface area contributed by atoms with E-state index in [-0.39, 0.29) is 36.5 Å². The first-order valence-electron chi connectivity index (χ1n) is 7.41. The van der Waals surface area contributed by atoms with Crippen LogP contribution in [0.5, 0.6) is 0 Å². The third kappa shape index (κ3) is 2.62. The second kappa shape index (κ2) is 6.06. The van der Waals surface area contributed by atoms with Crippen molar-refractivity contribution in [2.75, 3.05) is 6.54 Å². The zero-order valence-electron chi connectivity index (χ0n) is 12.1. The van der Waals surface area contributed by atoms with Crippen LogP contribution in [0.25, 0.3) is 0 Å². The number of dihydropyridines is 1. The van der Waals surface area contributed by atoms with Gasteiger partial charge in [0.15, 0.2) is 5.78 Å². The number of rotatable bonds is 4. The number of aliphatic imine (C=N–C) groups is 2. The zero-order chi connectivity index (χ0) is 15.5. The van der Waals surface area contributed by atoms with Crippen LogP contribution in [0, 0.1) is 17.2 Å². The summed E-state index contributed by atoms with van der Waals surface area (Å²) >= 11 is 0. The summed E-state index contributed by atoms with van der Waals surface area (Å²) in [6.45, 7) is 0.614. The molecule has 1 amide bonds. The Labute approximate surface area is 128 Å². The third-order valence-electron chi connectivity index (χ3n) is 4.17. The predicted molar refractivity (Wildman–Crippen MR) is 81.2 cm³/mol. The van der Waals surface area contributed by atoms with Crippen molar-refractivity contribution < 1.29 is 9.59 Å². The number of fused-ring (bicyclic) bond motifs is 1. The molecule has 1 unspecified atom stereocenters. The monoisotopic (exact) mass is 296 g/mol. The highest BCUT2D eigenvalue weighted by Crippen LogP contribution is 2.25. The van der Waals surface area contributed by atoms with Crippen LogP contribution in [0.15, 0.2) is 33.9 Å². The Bertz CT molecular complexity index is 666. The molecule has 2 atom stereocenters. The molecule has 3 heterocycles. The molecule has 0 aromatic heterocycles. The third-order valence-corrected chi connectivity index (χ3v) is 4.17. The Balaban J connectivity index is 1.59. The standard InChI is InChI=1S/C16H16N4O2/c17-10-11-2-1-9-20(11)15(22)4-3-14(21)12-5-7-18-16-13(12)6-8-19-16/h5-8,11,13H,1-4,9H2/t11-,13?/m0/s1. The molecule has 3 aliphatic rings. The molecular formula is C16H16N4O2. The van der Waals surface area contributed by atoms with E-state index in [0.717, 1.165) is 12.8 Å². The zero-order valence-corrected chi connectivity index (χ0v) is 12.1. The lowest BCUT2D eigenvalue weighted by Gasteiger charge is -2.20. The van der Waals surface area contributed by atoms with Gasteiger partial charge in [-0.3, -0.25) is 9.59 Å². The average molecular weight is 296 g/mol. The fourth-order valence-corrected chi connectivity index (χ4v) is 3.00. The summed E-state index contributed by atoms with van der Waals surface area (Å²) in [6.07, 6.45) is 8.64. The van der Waals surface area contributed by atoms with Gasteiger partial charge in [-0.05, 0) is 18.9 Å². The van der Waals surface area contributed by atoms with Crippen LogP contribution < -0.4 is 0 Å². The number of allylic oxidation sites excluding steroid dienone is 1. The summed E-state index contributed by atoms with van der Waals surface area (Å²) < 4.78 is 0. The number of hydrogen-bond acceptors (Lipinski definition) is 5. The molecule has 1 fully saturated rings. The number of carbonyl (C=O) groups excluding carboxylic acids is 2. The Morgan fingerprint density at radius 2 is 2.27 bits per heavy atom. The van der Waals surface area contributed by atoms with E-state index in [1.165, 1.54) is 0 Å². The normalized spacial score (nSPS) is 25.5. The number of hydrogen-bond donors (Lipinski definition) is 0. The van der Waals surface area contributed by atoms with Gasteiger partial charge in [0.05, 0.1) is 12.0 Å². The molecule has 0 aliphatic carbocycles. The minimum absolute atomic E-state index is 0.0588. The van der Waals surface area contributed by atoms with Gasteiger partial charge in [-0.25, -0.2) is 9.98 Å². The second-order valence-electron chi connectivity index (χ2n) is 5.50. The van der Waals surface area contributed by atoms with Gasteiger partial charge in [-0.1, -0.05) is 6.08 Å². The Morgan fingerprint density at radius 1 is 1.41 bits per heavy atom. The molecule has 6 nitrogen and oxygen atoms in total. The maximum atomic E-state index is 12.4. The highest BCUT2D eigenvalue weighted by atomic mass is 16.2. The van der Waals surface area contributed by atoms with E-state index in [9.17, 15) is 9.59 Å². The van der Waals surface area contributed by atoms with E-state index in [4.69, 9.17) is 5.26 Å². The van der Waals surface area contributed by atoms with Gasteiger partial charge in [0.2, 0.25) is 5.91 Å². The first-order valence-corrected chi connectivity index (χ1v) is 7.41. The summed E-state index contributed by atoms with van der Waals surface area (Å²) in [4.78, 5) is 34.3. The van der Waals surface area contributed by atoms with Crippen molar-refractivity contribution in [3.63, 3.8) is 0 Å². The molecule has 3 aliphatic heterocycles. The number of nitriles is 1. The van der Waals surface area contributed by atoms with E-state index in [1.54, 1.807) is 23.4 Å². The van der Waals surface area contributed by atoms with Gasteiger partial charge in [0.25, 0.3) is 0 Å². The number of carbonyl (C=O) groups is 2. The maximum absolute atomic E-state index is 12.4. The van der Waals surface area contributed by atoms with Gasteiger partial charge in [-0.2, -0.15) is 5.26 Å². The highest BCUT2D eigenvalue weighted by molar-refractivity contribution is 6.12. The van der Waals surface area contributed by atoms with Crippen LogP contribution in [0.3, 0.4) is 0 Å². The molecule has 1 saturated heterocycles. The fraction of sp³-hybridized carbons (Fsp3) is 0.438. The van der Waals surface area contributed by atoms with Crippen molar-refractivity contribution in [1.82, 2.24) is 4.90 Å². The molecule has 0 aromatic rings. The van der Waals surface area contributed by atoms with Crippen molar-refractivity contribution in [2.45, 2.75) is 31.7 Å². The molecule has 0 spiro atoms. The van der Waals surface area contributed by atoms with Crippen LogP contribution >= 0.6 is 0 Å². The van der Waals surface area contributed by atoms with E-state index in [2.05, 4.69) is 16.1 Å². The number of Topliss-reactive ketones (excluding diaryl/α,β-unsaturated/α-hetero) is 1. The first-order chi connectivity index (χ1) is 10.7. The molecule has 0 N–H and O–H groups in total. The topological polar surface area (TPSA) is 85.9 Å². The largest absolute Gasteiger partial charge is 0.327 e. The van der Waals surface area contributed by atoms with Crippen molar-refractivity contribution in [3.05, 3.63) is 23.9 Å². The quantitative estimate of drug-likeness (QED) is 0.786. The minimum atomic E-state index is -0.333. The van der Waals surface area contributed by atoms with Crippen LogP contribution in [0.2, 0.25) is 0 Å². The van der Waals surface area contributed by atoms with Gasteiger partial charge < -0.3 is 4.90 Å². The van der Waals surface area contributed by atoms with E-state index >= 15 is 0 Å². The van der Waals surface area contributed by atoms with Gasteiger partial charge in [0.1, 0.15) is 11.9 Å². The Morgan fingerprint density at radius 3 is 3.09 bits per heavy atom. The van der Waals surface area contributed by atoms with E-state index in [0.29, 0.717) is 18.0 Å². The highest BCUT2D eigenvalue weighted by Gasteiger charge is 2.30. The molecule has 112 valence electrons. The average Bonchev–Trinajstić information content (AvgIpc) is 3.19. The van der Waals surface area contributed by atoms with Crippen LogP contribution in [0.4, 0.5) is 0 Å². The van der Waals surface area contributed by atoms with Crippen molar-refractivity contribution in [1.29, 1.82) is 5.26 Å². The molecule has 22 heavy (non-hydrogen) atoms. The fourth-order valence-electron chi connectivity index (χ4n) is 3.00. The Hall–Kier alpha value is -2.55. The number of amidine groups is 1. The predicted octanol–water partition coefficient (Wildman–Crippen LogP) is 1.40. The smallest absolute Gasteiger partial charge is 0.224 e. The molecular weight excluding hydrogens is 280 g/mol. The second-order valence-corrected chi connectivity index (χ2v) is 5.50. The van der Waals surface area contributed by atoms with Crippen LogP contribution in [-0.2, 0) is 9.59 Å². The van der Waals surface area contributed by atoms with E-state index in [1.807, 2.05) is 6.08 Å². The molecule has 0 saturated carbocycles. The lowest BCUT2D eigenvalue weighted by atomic mass is 9.91. The molecule has 0 bridgehead atoms.